The van der Waals surface area contributed by atoms with Gasteiger partial charge in [0.1, 0.15) is 5.82 Å². The summed E-state index contributed by atoms with van der Waals surface area (Å²) in [5.41, 5.74) is 8.37. The molecule has 2 N–H and O–H groups in total. The van der Waals surface area contributed by atoms with E-state index in [4.69, 9.17) is 5.73 Å². The lowest BCUT2D eigenvalue weighted by molar-refractivity contribution is 0.313. The second-order valence-corrected chi connectivity index (χ2v) is 6.18. The minimum Gasteiger partial charge on any atom is -0.330 e. The van der Waals surface area contributed by atoms with Gasteiger partial charge in [-0.3, -0.25) is 4.90 Å². The molecule has 1 aliphatic rings. The fourth-order valence-electron chi connectivity index (χ4n) is 3.53. The van der Waals surface area contributed by atoms with Crippen molar-refractivity contribution in [3.63, 3.8) is 0 Å². The van der Waals surface area contributed by atoms with E-state index in [-0.39, 0.29) is 5.82 Å². The molecule has 2 aromatic rings. The van der Waals surface area contributed by atoms with Crippen LogP contribution in [0.5, 0.6) is 0 Å². The Morgan fingerprint density at radius 3 is 2.41 bits per heavy atom. The van der Waals surface area contributed by atoms with Gasteiger partial charge in [0.05, 0.1) is 0 Å². The first-order valence-electron chi connectivity index (χ1n) is 7.98. The number of nitrogens with two attached hydrogens (primary N) is 1. The average molecular weight is 298 g/mol. The Morgan fingerprint density at radius 1 is 1.00 bits per heavy atom. The molecule has 1 saturated heterocycles. The first-order chi connectivity index (χ1) is 10.8. The molecule has 0 saturated carbocycles. The lowest BCUT2D eigenvalue weighted by Crippen LogP contribution is -2.20. The zero-order valence-corrected chi connectivity index (χ0v) is 12.8. The molecular formula is C19H23FN2. The summed E-state index contributed by atoms with van der Waals surface area (Å²) in [6.45, 7) is 3.76. The van der Waals surface area contributed by atoms with Gasteiger partial charge in [-0.2, -0.15) is 0 Å². The van der Waals surface area contributed by atoms with Crippen molar-refractivity contribution in [1.82, 2.24) is 4.90 Å². The zero-order valence-electron chi connectivity index (χ0n) is 12.8. The van der Waals surface area contributed by atoms with Crippen molar-refractivity contribution in [2.75, 3.05) is 19.6 Å². The van der Waals surface area contributed by atoms with Crippen LogP contribution in [-0.4, -0.2) is 24.5 Å². The molecule has 0 aliphatic carbocycles. The smallest absolute Gasteiger partial charge is 0.123 e. The summed E-state index contributed by atoms with van der Waals surface area (Å²) in [7, 11) is 0. The standard InChI is InChI=1S/C19H23FN2/c20-18-8-6-16(7-9-18)19-14-22(13-17(19)10-11-21)12-15-4-2-1-3-5-15/h1-9,17,19H,10-14,21H2. The number of likely N-dealkylation sites (tertiary alicyclic amines) is 1. The average Bonchev–Trinajstić information content (AvgIpc) is 2.92. The van der Waals surface area contributed by atoms with Crippen LogP contribution in [0.25, 0.3) is 0 Å². The van der Waals surface area contributed by atoms with Gasteiger partial charge in [0, 0.05) is 25.6 Å². The third-order valence-electron chi connectivity index (χ3n) is 4.60. The SMILES string of the molecule is NCCC1CN(Cc2ccccc2)CC1c1ccc(F)cc1. The third kappa shape index (κ3) is 3.54. The van der Waals surface area contributed by atoms with Gasteiger partial charge in [-0.15, -0.1) is 0 Å². The predicted octanol–water partition coefficient (Wildman–Crippen LogP) is 3.39. The Labute approximate surface area is 131 Å². The second-order valence-electron chi connectivity index (χ2n) is 6.18. The lowest BCUT2D eigenvalue weighted by Gasteiger charge is -2.18. The van der Waals surface area contributed by atoms with Gasteiger partial charge >= 0.3 is 0 Å². The Morgan fingerprint density at radius 2 is 1.73 bits per heavy atom. The van der Waals surface area contributed by atoms with Crippen molar-refractivity contribution in [3.05, 3.63) is 71.5 Å². The molecule has 2 unspecified atom stereocenters. The molecule has 2 aromatic carbocycles. The number of halogens is 1. The van der Waals surface area contributed by atoms with Crippen LogP contribution in [0.1, 0.15) is 23.5 Å². The predicted molar refractivity (Wildman–Crippen MR) is 88.0 cm³/mol. The minimum atomic E-state index is -0.168. The molecule has 22 heavy (non-hydrogen) atoms. The van der Waals surface area contributed by atoms with Crippen LogP contribution >= 0.6 is 0 Å². The van der Waals surface area contributed by atoms with Gasteiger partial charge in [0.15, 0.2) is 0 Å². The quantitative estimate of drug-likeness (QED) is 0.917. The van der Waals surface area contributed by atoms with Crippen molar-refractivity contribution in [1.29, 1.82) is 0 Å². The van der Waals surface area contributed by atoms with Crippen molar-refractivity contribution in [2.45, 2.75) is 18.9 Å². The third-order valence-corrected chi connectivity index (χ3v) is 4.60. The van der Waals surface area contributed by atoms with Crippen LogP contribution in [0.4, 0.5) is 4.39 Å². The molecule has 116 valence electrons. The van der Waals surface area contributed by atoms with Crippen LogP contribution in [0.15, 0.2) is 54.6 Å². The summed E-state index contributed by atoms with van der Waals surface area (Å²) in [6.07, 6.45) is 1.02. The van der Waals surface area contributed by atoms with Crippen LogP contribution in [0.3, 0.4) is 0 Å². The van der Waals surface area contributed by atoms with Crippen LogP contribution in [0, 0.1) is 11.7 Å². The molecule has 1 aliphatic heterocycles. The highest BCUT2D eigenvalue weighted by Gasteiger charge is 2.33. The fraction of sp³-hybridized carbons (Fsp3) is 0.368. The first-order valence-corrected chi connectivity index (χ1v) is 7.98. The van der Waals surface area contributed by atoms with Gasteiger partial charge in [0.2, 0.25) is 0 Å². The van der Waals surface area contributed by atoms with E-state index >= 15 is 0 Å². The van der Waals surface area contributed by atoms with Crippen LogP contribution < -0.4 is 5.73 Å². The minimum absolute atomic E-state index is 0.168. The monoisotopic (exact) mass is 298 g/mol. The Hall–Kier alpha value is -1.71. The Bertz CT molecular complexity index is 582. The van der Waals surface area contributed by atoms with Gasteiger partial charge in [-0.25, -0.2) is 4.39 Å². The topological polar surface area (TPSA) is 29.3 Å². The maximum absolute atomic E-state index is 13.2. The van der Waals surface area contributed by atoms with E-state index in [0.29, 0.717) is 18.4 Å². The maximum atomic E-state index is 13.2. The molecule has 2 nitrogen and oxygen atoms in total. The highest BCUT2D eigenvalue weighted by molar-refractivity contribution is 5.24. The van der Waals surface area contributed by atoms with Crippen molar-refractivity contribution in [3.8, 4) is 0 Å². The molecular weight excluding hydrogens is 275 g/mol. The Kier molecular flexibility index (Phi) is 4.86. The number of rotatable bonds is 5. The van der Waals surface area contributed by atoms with E-state index in [1.807, 2.05) is 18.2 Å². The summed E-state index contributed by atoms with van der Waals surface area (Å²) < 4.78 is 13.2. The normalized spacial score (nSPS) is 22.1. The van der Waals surface area contributed by atoms with Gasteiger partial charge in [-0.1, -0.05) is 42.5 Å². The second kappa shape index (κ2) is 7.03. The molecule has 0 amide bonds. The summed E-state index contributed by atoms with van der Waals surface area (Å²) in [5, 5.41) is 0. The summed E-state index contributed by atoms with van der Waals surface area (Å²) >= 11 is 0. The highest BCUT2D eigenvalue weighted by Crippen LogP contribution is 2.35. The largest absolute Gasteiger partial charge is 0.330 e. The van der Waals surface area contributed by atoms with Crippen molar-refractivity contribution < 1.29 is 4.39 Å². The molecule has 3 rings (SSSR count). The van der Waals surface area contributed by atoms with E-state index in [1.54, 1.807) is 12.1 Å². The highest BCUT2D eigenvalue weighted by atomic mass is 19.1. The molecule has 3 heteroatoms. The number of benzene rings is 2. The zero-order chi connectivity index (χ0) is 15.4. The summed E-state index contributed by atoms with van der Waals surface area (Å²) in [6, 6.07) is 17.5. The van der Waals surface area contributed by atoms with Gasteiger partial charge < -0.3 is 5.73 Å². The molecule has 0 bridgehead atoms. The lowest BCUT2D eigenvalue weighted by atomic mass is 9.87. The van der Waals surface area contributed by atoms with Gasteiger partial charge in [-0.05, 0) is 42.1 Å². The Balaban J connectivity index is 1.73. The van der Waals surface area contributed by atoms with Crippen molar-refractivity contribution >= 4 is 0 Å². The van der Waals surface area contributed by atoms with Gasteiger partial charge in [0.25, 0.3) is 0 Å². The van der Waals surface area contributed by atoms with Crippen LogP contribution in [-0.2, 0) is 6.54 Å². The molecule has 1 fully saturated rings. The molecule has 0 radical (unpaired) electrons. The number of hydrogen-bond acceptors (Lipinski definition) is 2. The summed E-state index contributed by atoms with van der Waals surface area (Å²) in [4.78, 5) is 2.49. The molecule has 2 atom stereocenters. The summed E-state index contributed by atoms with van der Waals surface area (Å²) in [5.74, 6) is 0.838. The molecule has 0 spiro atoms. The van der Waals surface area contributed by atoms with E-state index in [0.717, 1.165) is 26.1 Å². The van der Waals surface area contributed by atoms with E-state index < -0.39 is 0 Å². The van der Waals surface area contributed by atoms with E-state index in [9.17, 15) is 4.39 Å². The molecule has 0 aromatic heterocycles. The van der Waals surface area contributed by atoms with Crippen molar-refractivity contribution in [2.24, 2.45) is 11.7 Å². The number of nitrogens with zero attached hydrogens (tertiary/aromatic N) is 1. The molecule has 1 heterocycles. The fourth-order valence-corrected chi connectivity index (χ4v) is 3.53. The number of hydrogen-bond donors (Lipinski definition) is 1. The maximum Gasteiger partial charge on any atom is 0.123 e. The van der Waals surface area contributed by atoms with E-state index in [2.05, 4.69) is 29.2 Å². The van der Waals surface area contributed by atoms with E-state index in [1.165, 1.54) is 11.1 Å². The first kappa shape index (κ1) is 15.2. The van der Waals surface area contributed by atoms with Crippen LogP contribution in [0.2, 0.25) is 0 Å².